The van der Waals surface area contributed by atoms with E-state index in [2.05, 4.69) is 5.32 Å². The molecule has 2 saturated heterocycles. The highest BCUT2D eigenvalue weighted by molar-refractivity contribution is 6.04. The maximum atomic E-state index is 15.4. The minimum Gasteiger partial charge on any atom is -0.331 e. The summed E-state index contributed by atoms with van der Waals surface area (Å²) in [4.78, 5) is 26.9. The quantitative estimate of drug-likeness (QED) is 0.584. The van der Waals surface area contributed by atoms with Crippen LogP contribution in [0.4, 0.5) is 23.2 Å². The third-order valence-electron chi connectivity index (χ3n) is 6.89. The van der Waals surface area contributed by atoms with Gasteiger partial charge in [0, 0.05) is 23.3 Å². The Hall–Kier alpha value is -2.90. The fourth-order valence-electron chi connectivity index (χ4n) is 5.03. The van der Waals surface area contributed by atoms with Gasteiger partial charge in [-0.1, -0.05) is 6.92 Å². The van der Waals surface area contributed by atoms with Crippen LogP contribution >= 0.6 is 0 Å². The van der Waals surface area contributed by atoms with Crippen molar-refractivity contribution in [1.29, 1.82) is 0 Å². The minimum atomic E-state index is -4.11. The highest BCUT2D eigenvalue weighted by Gasteiger charge is 2.52. The van der Waals surface area contributed by atoms with Crippen molar-refractivity contribution in [3.05, 3.63) is 64.7 Å². The predicted octanol–water partition coefficient (Wildman–Crippen LogP) is 5.80. The van der Waals surface area contributed by atoms with Gasteiger partial charge in [-0.3, -0.25) is 9.59 Å². The first-order valence-corrected chi connectivity index (χ1v) is 11.2. The lowest BCUT2D eigenvalue weighted by Crippen LogP contribution is -2.59. The molecule has 0 aliphatic carbocycles. The number of piperidine rings is 2. The van der Waals surface area contributed by atoms with Gasteiger partial charge in [-0.25, -0.2) is 8.78 Å². The SMILES string of the molecule is Cc1cc(NC(=O)c2ccc(F)c(C(F)(F)C(=O)N3[C@H]4CCC[C@@H]3[C@@H](C)CC4)c2)ccc1F. The molecule has 2 aliphatic heterocycles. The number of alkyl halides is 2. The molecular weight excluding hydrogens is 436 g/mol. The first kappa shape index (κ1) is 23.3. The van der Waals surface area contributed by atoms with Gasteiger partial charge in [-0.15, -0.1) is 0 Å². The van der Waals surface area contributed by atoms with Crippen LogP contribution < -0.4 is 5.32 Å². The van der Waals surface area contributed by atoms with Crippen LogP contribution in [0.15, 0.2) is 36.4 Å². The molecule has 4 rings (SSSR count). The van der Waals surface area contributed by atoms with Crippen LogP contribution in [-0.2, 0) is 10.7 Å². The van der Waals surface area contributed by atoms with Crippen molar-refractivity contribution >= 4 is 17.5 Å². The molecule has 2 aromatic carbocycles. The van der Waals surface area contributed by atoms with Crippen LogP contribution in [0.3, 0.4) is 0 Å². The van der Waals surface area contributed by atoms with Crippen LogP contribution in [-0.4, -0.2) is 28.8 Å². The van der Waals surface area contributed by atoms with Gasteiger partial charge in [0.25, 0.3) is 11.8 Å². The second-order valence-corrected chi connectivity index (χ2v) is 9.11. The van der Waals surface area contributed by atoms with E-state index >= 15 is 8.78 Å². The number of fused-ring (bicyclic) bond motifs is 2. The second-order valence-electron chi connectivity index (χ2n) is 9.11. The Bertz CT molecular complexity index is 1090. The summed E-state index contributed by atoms with van der Waals surface area (Å²) >= 11 is 0. The standard InChI is InChI=1S/C25H26F4N2O2/c1-14-6-9-18-4-3-5-22(14)31(18)24(33)25(28,29)19-13-16(7-10-21(19)27)23(32)30-17-8-11-20(26)15(2)12-17/h7-8,10-14,18,22H,3-6,9H2,1-2H3,(H,30,32)/t14-,18-,22+/m0/s1. The Labute approximate surface area is 190 Å². The third kappa shape index (κ3) is 4.35. The molecule has 8 heteroatoms. The number of amides is 2. The van der Waals surface area contributed by atoms with E-state index in [1.165, 1.54) is 30.0 Å². The molecule has 2 aromatic rings. The summed E-state index contributed by atoms with van der Waals surface area (Å²) in [6, 6.07) is 5.91. The summed E-state index contributed by atoms with van der Waals surface area (Å²) in [6.45, 7) is 3.47. The van der Waals surface area contributed by atoms with Gasteiger partial charge in [0.05, 0.1) is 5.56 Å². The van der Waals surface area contributed by atoms with Crippen LogP contribution in [0.1, 0.15) is 60.5 Å². The molecule has 2 bridgehead atoms. The molecule has 0 aromatic heterocycles. The summed E-state index contributed by atoms with van der Waals surface area (Å²) in [7, 11) is 0. The lowest BCUT2D eigenvalue weighted by Gasteiger charge is -2.50. The number of nitrogens with one attached hydrogen (secondary N) is 1. The van der Waals surface area contributed by atoms with Crippen molar-refractivity contribution in [2.75, 3.05) is 5.32 Å². The topological polar surface area (TPSA) is 49.4 Å². The smallest absolute Gasteiger partial charge is 0.331 e. The minimum absolute atomic E-state index is 0.0995. The van der Waals surface area contributed by atoms with E-state index in [9.17, 15) is 18.4 Å². The molecule has 2 amide bonds. The Kier molecular flexibility index (Phi) is 6.20. The van der Waals surface area contributed by atoms with E-state index < -0.39 is 34.9 Å². The Morgan fingerprint density at radius 2 is 1.73 bits per heavy atom. The van der Waals surface area contributed by atoms with E-state index in [1.807, 2.05) is 6.92 Å². The predicted molar refractivity (Wildman–Crippen MR) is 116 cm³/mol. The molecule has 3 atom stereocenters. The normalized spacial score (nSPS) is 22.7. The van der Waals surface area contributed by atoms with Crippen molar-refractivity contribution in [2.24, 2.45) is 5.92 Å². The van der Waals surface area contributed by atoms with E-state index in [0.29, 0.717) is 24.8 Å². The highest BCUT2D eigenvalue weighted by Crippen LogP contribution is 2.42. The van der Waals surface area contributed by atoms with Gasteiger partial charge >= 0.3 is 5.92 Å². The van der Waals surface area contributed by atoms with E-state index in [-0.39, 0.29) is 29.3 Å². The van der Waals surface area contributed by atoms with E-state index in [1.54, 1.807) is 0 Å². The van der Waals surface area contributed by atoms with E-state index in [4.69, 9.17) is 0 Å². The summed E-state index contributed by atoms with van der Waals surface area (Å²) in [6.07, 6.45) is 3.72. The fourth-order valence-corrected chi connectivity index (χ4v) is 5.03. The van der Waals surface area contributed by atoms with Crippen LogP contribution in [0.25, 0.3) is 0 Å². The van der Waals surface area contributed by atoms with Crippen molar-refractivity contribution in [2.45, 2.75) is 64.0 Å². The first-order valence-electron chi connectivity index (χ1n) is 11.2. The van der Waals surface area contributed by atoms with Crippen LogP contribution in [0.2, 0.25) is 0 Å². The number of carbonyl (C=O) groups is 2. The monoisotopic (exact) mass is 462 g/mol. The molecule has 0 saturated carbocycles. The number of aryl methyl sites for hydroxylation is 1. The molecular formula is C25H26F4N2O2. The number of hydrogen-bond donors (Lipinski definition) is 1. The van der Waals surface area contributed by atoms with Crippen molar-refractivity contribution < 1.29 is 27.2 Å². The Morgan fingerprint density at radius 3 is 2.45 bits per heavy atom. The molecule has 0 spiro atoms. The summed E-state index contributed by atoms with van der Waals surface area (Å²) < 4.78 is 58.8. The molecule has 176 valence electrons. The molecule has 33 heavy (non-hydrogen) atoms. The van der Waals surface area contributed by atoms with Crippen molar-refractivity contribution in [1.82, 2.24) is 4.90 Å². The van der Waals surface area contributed by atoms with E-state index in [0.717, 1.165) is 31.0 Å². The number of anilines is 1. The summed E-state index contributed by atoms with van der Waals surface area (Å²) in [5, 5.41) is 2.49. The zero-order valence-corrected chi connectivity index (χ0v) is 18.5. The zero-order valence-electron chi connectivity index (χ0n) is 18.5. The number of nitrogens with zero attached hydrogens (tertiary/aromatic N) is 1. The maximum Gasteiger partial charge on any atom is 0.352 e. The van der Waals surface area contributed by atoms with Crippen molar-refractivity contribution in [3.63, 3.8) is 0 Å². The molecule has 1 N–H and O–H groups in total. The van der Waals surface area contributed by atoms with Gasteiger partial charge in [0.15, 0.2) is 0 Å². The number of halogens is 4. The number of carbonyl (C=O) groups excluding carboxylic acids is 2. The molecule has 2 fully saturated rings. The zero-order chi connectivity index (χ0) is 23.9. The number of hydrogen-bond acceptors (Lipinski definition) is 2. The molecule has 2 aliphatic rings. The summed E-state index contributed by atoms with van der Waals surface area (Å²) in [5.41, 5.74) is -0.784. The molecule has 2 heterocycles. The second kappa shape index (κ2) is 8.80. The van der Waals surface area contributed by atoms with Gasteiger partial charge in [0.1, 0.15) is 11.6 Å². The number of rotatable bonds is 4. The van der Waals surface area contributed by atoms with Crippen LogP contribution in [0.5, 0.6) is 0 Å². The molecule has 0 unspecified atom stereocenters. The highest BCUT2D eigenvalue weighted by atomic mass is 19.3. The largest absolute Gasteiger partial charge is 0.352 e. The van der Waals surface area contributed by atoms with Gasteiger partial charge in [-0.2, -0.15) is 8.78 Å². The Balaban J connectivity index is 1.61. The maximum absolute atomic E-state index is 15.4. The Morgan fingerprint density at radius 1 is 1.00 bits per heavy atom. The van der Waals surface area contributed by atoms with Gasteiger partial charge < -0.3 is 10.2 Å². The van der Waals surface area contributed by atoms with Gasteiger partial charge in [0.2, 0.25) is 0 Å². The average molecular weight is 462 g/mol. The molecule has 0 radical (unpaired) electrons. The van der Waals surface area contributed by atoms with Crippen molar-refractivity contribution in [3.8, 4) is 0 Å². The molecule has 4 nitrogen and oxygen atoms in total. The summed E-state index contributed by atoms with van der Waals surface area (Å²) in [5.74, 6) is -7.90. The first-order chi connectivity index (χ1) is 15.6. The third-order valence-corrected chi connectivity index (χ3v) is 6.89. The lowest BCUT2D eigenvalue weighted by molar-refractivity contribution is -0.171. The van der Waals surface area contributed by atoms with Crippen LogP contribution in [0, 0.1) is 24.5 Å². The fraction of sp³-hybridized carbons (Fsp3) is 0.440. The van der Waals surface area contributed by atoms with Gasteiger partial charge in [-0.05, 0) is 86.9 Å². The number of benzene rings is 2. The lowest BCUT2D eigenvalue weighted by atomic mass is 9.78. The average Bonchev–Trinajstić information content (AvgIpc) is 2.78.